The highest BCUT2D eigenvalue weighted by Gasteiger charge is 2.22. The highest BCUT2D eigenvalue weighted by molar-refractivity contribution is 8.14. The van der Waals surface area contributed by atoms with Crippen molar-refractivity contribution < 1.29 is 14.7 Å². The molecule has 0 atom stereocenters. The zero-order valence-corrected chi connectivity index (χ0v) is 16.5. The van der Waals surface area contributed by atoms with Gasteiger partial charge in [-0.1, -0.05) is 47.6 Å². The molecule has 0 spiro atoms. The number of hydrogen-bond donors (Lipinski definition) is 3. The molecule has 3 rings (SSSR count). The van der Waals surface area contributed by atoms with Crippen molar-refractivity contribution in [3.05, 3.63) is 64.7 Å². The molecule has 2 aromatic carbocycles. The molecular formula is C19H19ClN4O3S. The molecule has 0 fully saturated rings. The lowest BCUT2D eigenvalue weighted by Crippen LogP contribution is -2.31. The summed E-state index contributed by atoms with van der Waals surface area (Å²) >= 11 is 7.13. The average Bonchev–Trinajstić information content (AvgIpc) is 2.69. The summed E-state index contributed by atoms with van der Waals surface area (Å²) in [6.45, 7) is 0.333. The van der Waals surface area contributed by atoms with Crippen LogP contribution in [0.5, 0.6) is 0 Å². The number of nitrogens with zero attached hydrogens (tertiary/aromatic N) is 2. The Morgan fingerprint density at radius 1 is 1.25 bits per heavy atom. The number of carbonyl (C=O) groups excluding carboxylic acids is 2. The fraction of sp³-hybridized carbons (Fsp3) is 0.211. The first-order chi connectivity index (χ1) is 13.5. The maximum atomic E-state index is 12.3. The van der Waals surface area contributed by atoms with E-state index in [1.807, 2.05) is 18.2 Å². The average molecular weight is 419 g/mol. The van der Waals surface area contributed by atoms with Crippen LogP contribution >= 0.6 is 23.4 Å². The van der Waals surface area contributed by atoms with E-state index in [0.717, 1.165) is 16.8 Å². The lowest BCUT2D eigenvalue weighted by atomic mass is 10.1. The number of rotatable bonds is 6. The number of carbonyl (C=O) groups is 2. The third kappa shape index (κ3) is 5.48. The number of anilines is 1. The maximum Gasteiger partial charge on any atom is 0.319 e. The summed E-state index contributed by atoms with van der Waals surface area (Å²) in [5, 5.41) is 20.4. The number of urea groups is 1. The molecule has 3 amide bonds. The Kier molecular flexibility index (Phi) is 6.91. The van der Waals surface area contributed by atoms with Crippen LogP contribution in [-0.2, 0) is 6.54 Å². The van der Waals surface area contributed by atoms with Gasteiger partial charge in [-0.05, 0) is 35.4 Å². The first kappa shape index (κ1) is 20.2. The van der Waals surface area contributed by atoms with Crippen LogP contribution in [0.1, 0.15) is 11.1 Å². The van der Waals surface area contributed by atoms with Crippen molar-refractivity contribution >= 4 is 46.0 Å². The van der Waals surface area contributed by atoms with Crippen LogP contribution in [0.2, 0.25) is 5.02 Å². The predicted molar refractivity (Wildman–Crippen MR) is 112 cm³/mol. The Labute approximate surface area is 171 Å². The van der Waals surface area contributed by atoms with Gasteiger partial charge >= 0.3 is 11.3 Å². The second-order valence-electron chi connectivity index (χ2n) is 5.97. The zero-order chi connectivity index (χ0) is 19.9. The van der Waals surface area contributed by atoms with Gasteiger partial charge < -0.3 is 15.7 Å². The molecule has 0 aromatic heterocycles. The minimum Gasteiger partial charge on any atom is -0.395 e. The third-order valence-corrected chi connectivity index (χ3v) is 5.00. The Morgan fingerprint density at radius 2 is 2.04 bits per heavy atom. The van der Waals surface area contributed by atoms with Gasteiger partial charge in [-0.2, -0.15) is 5.10 Å². The zero-order valence-electron chi connectivity index (χ0n) is 14.9. The third-order valence-electron chi connectivity index (χ3n) is 3.88. The fourth-order valence-corrected chi connectivity index (χ4v) is 3.43. The van der Waals surface area contributed by atoms with Crippen molar-refractivity contribution in [2.45, 2.75) is 6.54 Å². The molecule has 0 saturated heterocycles. The molecule has 28 heavy (non-hydrogen) atoms. The molecule has 9 heteroatoms. The normalized spacial score (nSPS) is 13.9. The smallest absolute Gasteiger partial charge is 0.319 e. The van der Waals surface area contributed by atoms with Crippen molar-refractivity contribution in [3.8, 4) is 0 Å². The first-order valence-corrected chi connectivity index (χ1v) is 9.94. The summed E-state index contributed by atoms with van der Waals surface area (Å²) < 4.78 is 0. The van der Waals surface area contributed by atoms with Crippen molar-refractivity contribution in [3.63, 3.8) is 0 Å². The number of halogens is 1. The molecule has 0 saturated carbocycles. The molecule has 0 aliphatic carbocycles. The van der Waals surface area contributed by atoms with Gasteiger partial charge in [0.2, 0.25) is 0 Å². The van der Waals surface area contributed by atoms with E-state index in [1.54, 1.807) is 30.3 Å². The van der Waals surface area contributed by atoms with Crippen LogP contribution in [0, 0.1) is 0 Å². The largest absolute Gasteiger partial charge is 0.395 e. The van der Waals surface area contributed by atoms with Crippen molar-refractivity contribution in [2.75, 3.05) is 24.2 Å². The first-order valence-electron chi connectivity index (χ1n) is 8.57. The quantitative estimate of drug-likeness (QED) is 0.668. The van der Waals surface area contributed by atoms with Gasteiger partial charge in [0, 0.05) is 23.0 Å². The number of aliphatic hydroxyl groups is 1. The van der Waals surface area contributed by atoms with E-state index in [1.165, 1.54) is 16.8 Å². The minimum absolute atomic E-state index is 0.128. The number of thioether (sulfide) groups is 1. The van der Waals surface area contributed by atoms with Crippen LogP contribution < -0.4 is 10.6 Å². The molecule has 1 aliphatic rings. The SMILES string of the molecule is O=C(NCCO)Nc1cccc(CN2N=C(c3ccc(Cl)cc3)CSC2=O)c1. The number of hydrazone groups is 1. The summed E-state index contributed by atoms with van der Waals surface area (Å²) in [6, 6.07) is 14.1. The molecule has 146 valence electrons. The van der Waals surface area contributed by atoms with Gasteiger partial charge in [0.15, 0.2) is 0 Å². The number of amides is 3. The Hall–Kier alpha value is -2.55. The van der Waals surface area contributed by atoms with E-state index in [2.05, 4.69) is 15.7 Å². The van der Waals surface area contributed by atoms with Crippen LogP contribution in [0.3, 0.4) is 0 Å². The molecule has 0 radical (unpaired) electrons. The summed E-state index contributed by atoms with van der Waals surface area (Å²) in [6.07, 6.45) is 0. The lowest BCUT2D eigenvalue weighted by molar-refractivity contribution is 0.222. The van der Waals surface area contributed by atoms with E-state index in [9.17, 15) is 9.59 Å². The van der Waals surface area contributed by atoms with Gasteiger partial charge in [-0.3, -0.25) is 4.79 Å². The Morgan fingerprint density at radius 3 is 2.79 bits per heavy atom. The van der Waals surface area contributed by atoms with E-state index >= 15 is 0 Å². The monoisotopic (exact) mass is 418 g/mol. The molecule has 2 aromatic rings. The molecule has 1 aliphatic heterocycles. The van der Waals surface area contributed by atoms with Crippen LogP contribution in [0.25, 0.3) is 0 Å². The van der Waals surface area contributed by atoms with Crippen molar-refractivity contribution in [1.82, 2.24) is 10.3 Å². The maximum absolute atomic E-state index is 12.3. The summed E-state index contributed by atoms with van der Waals surface area (Å²) in [5.74, 6) is 0.504. The van der Waals surface area contributed by atoms with Crippen LogP contribution in [0.4, 0.5) is 15.3 Å². The number of aliphatic hydroxyl groups excluding tert-OH is 1. The topological polar surface area (TPSA) is 94.0 Å². The number of nitrogens with one attached hydrogen (secondary N) is 2. The highest BCUT2D eigenvalue weighted by atomic mass is 35.5. The molecule has 1 heterocycles. The number of hydrogen-bond acceptors (Lipinski definition) is 5. The molecular weight excluding hydrogens is 400 g/mol. The van der Waals surface area contributed by atoms with E-state index in [4.69, 9.17) is 16.7 Å². The Bertz CT molecular complexity index is 889. The van der Waals surface area contributed by atoms with Crippen LogP contribution in [0.15, 0.2) is 53.6 Å². The molecule has 3 N–H and O–H groups in total. The highest BCUT2D eigenvalue weighted by Crippen LogP contribution is 2.23. The lowest BCUT2D eigenvalue weighted by Gasteiger charge is -2.23. The van der Waals surface area contributed by atoms with E-state index in [-0.39, 0.29) is 24.9 Å². The van der Waals surface area contributed by atoms with E-state index in [0.29, 0.717) is 16.5 Å². The summed E-state index contributed by atoms with van der Waals surface area (Å²) in [7, 11) is 0. The summed E-state index contributed by atoms with van der Waals surface area (Å²) in [5.41, 5.74) is 3.14. The molecule has 0 unspecified atom stereocenters. The van der Waals surface area contributed by atoms with Crippen molar-refractivity contribution in [1.29, 1.82) is 0 Å². The van der Waals surface area contributed by atoms with Crippen LogP contribution in [-0.4, -0.2) is 46.0 Å². The fourth-order valence-electron chi connectivity index (χ4n) is 2.57. The second-order valence-corrected chi connectivity index (χ2v) is 7.33. The van der Waals surface area contributed by atoms with Gasteiger partial charge in [0.25, 0.3) is 0 Å². The predicted octanol–water partition coefficient (Wildman–Crippen LogP) is 3.53. The van der Waals surface area contributed by atoms with Crippen molar-refractivity contribution in [2.24, 2.45) is 5.10 Å². The molecule has 0 bridgehead atoms. The molecule has 7 nitrogen and oxygen atoms in total. The van der Waals surface area contributed by atoms with E-state index < -0.39 is 6.03 Å². The van der Waals surface area contributed by atoms with Gasteiger partial charge in [0.05, 0.1) is 18.9 Å². The Balaban J connectivity index is 1.71. The minimum atomic E-state index is -0.404. The van der Waals surface area contributed by atoms with Gasteiger partial charge in [-0.15, -0.1) is 0 Å². The summed E-state index contributed by atoms with van der Waals surface area (Å²) in [4.78, 5) is 24.0. The van der Waals surface area contributed by atoms with Gasteiger partial charge in [-0.25, -0.2) is 9.80 Å². The number of benzene rings is 2. The standard InChI is InChI=1S/C19H19ClN4O3S/c20-15-6-4-14(5-7-15)17-12-28-19(27)24(23-17)11-13-2-1-3-16(10-13)22-18(26)21-8-9-25/h1-7,10,25H,8-9,11-12H2,(H2,21,22,26). The second kappa shape index (κ2) is 9.59. The van der Waals surface area contributed by atoms with Gasteiger partial charge in [0.1, 0.15) is 0 Å².